The monoisotopic (exact) mass is 833 g/mol. The molecule has 8 rings (SSSR count). The first-order valence-corrected chi connectivity index (χ1v) is 20.8. The number of hydrogen-bond acceptors (Lipinski definition) is 13. The van der Waals surface area contributed by atoms with Gasteiger partial charge >= 0.3 is 18.0 Å². The van der Waals surface area contributed by atoms with Crippen LogP contribution in [0.25, 0.3) is 10.9 Å². The van der Waals surface area contributed by atoms with Gasteiger partial charge in [0.1, 0.15) is 16.9 Å². The molecule has 0 bridgehead atoms. The summed E-state index contributed by atoms with van der Waals surface area (Å²) >= 11 is 0. The minimum Gasteiger partial charge on any atom is -0.492 e. The molecular formula is C44H52FN3O12. The second-order valence-corrected chi connectivity index (χ2v) is 17.9. The summed E-state index contributed by atoms with van der Waals surface area (Å²) < 4.78 is 39.1. The van der Waals surface area contributed by atoms with Gasteiger partial charge in [0.2, 0.25) is 18.0 Å². The van der Waals surface area contributed by atoms with Crippen molar-refractivity contribution < 1.29 is 57.5 Å². The summed E-state index contributed by atoms with van der Waals surface area (Å²) in [5, 5.41) is 23.8. The molecule has 2 heterocycles. The number of rotatable bonds is 9. The summed E-state index contributed by atoms with van der Waals surface area (Å²) in [4.78, 5) is 80.9. The van der Waals surface area contributed by atoms with Crippen molar-refractivity contribution in [1.29, 1.82) is 0 Å². The highest BCUT2D eigenvalue weighted by Gasteiger charge is 2.68. The molecule has 4 unspecified atom stereocenters. The van der Waals surface area contributed by atoms with Crippen LogP contribution in [-0.2, 0) is 28.6 Å². The molecule has 1 aliphatic heterocycles. The standard InChI is InChI=1S/C44H52FN3O12/c1-23-19-46(14-15-47(23)41(55)60-22-59-24(2)49)37-32(45)17-29-36(39(37)57-5)48(26-7-8-26)20-30(38(29)53)40(54)58-21-34(52)44(56)13-11-31-28-9-6-25-16-27(50)10-12-42(25,3)35(28)33(51)18-43(31,44)4/h10,12,16-17,20,23,26,28,31,33,35,51,56H,6-9,11,13-15,18-19,21-22H2,1-5H3/t23?,28?,31?,33-,35?,42-,43-,44-/m0/s1. The van der Waals surface area contributed by atoms with Crippen LogP contribution in [0.15, 0.2) is 40.9 Å². The average molecular weight is 834 g/mol. The lowest BCUT2D eigenvalue weighted by molar-refractivity contribution is -0.178. The molecule has 15 nitrogen and oxygen atoms in total. The molecule has 5 fully saturated rings. The molecule has 8 atom stereocenters. The summed E-state index contributed by atoms with van der Waals surface area (Å²) in [6.45, 7) is 5.99. The molecule has 1 aromatic heterocycles. The number of halogens is 1. The second-order valence-electron chi connectivity index (χ2n) is 17.9. The summed E-state index contributed by atoms with van der Waals surface area (Å²) in [5.41, 5.74) is -3.29. The van der Waals surface area contributed by atoms with E-state index in [1.165, 1.54) is 25.1 Å². The maximum atomic E-state index is 16.3. The number of Topliss-reactive ketones (excluding diaryl/α,β-unsaturated/α-hetero) is 1. The van der Waals surface area contributed by atoms with E-state index in [2.05, 4.69) is 0 Å². The Bertz CT molecular complexity index is 2300. The van der Waals surface area contributed by atoms with Crippen LogP contribution in [0.4, 0.5) is 14.9 Å². The Hall–Kier alpha value is -5.09. The van der Waals surface area contributed by atoms with E-state index in [-0.39, 0.29) is 84.4 Å². The van der Waals surface area contributed by atoms with E-state index in [0.717, 1.165) is 24.5 Å². The highest BCUT2D eigenvalue weighted by Crippen LogP contribution is 2.67. The summed E-state index contributed by atoms with van der Waals surface area (Å²) in [6.07, 6.45) is 8.54. The Morgan fingerprint density at radius 3 is 2.47 bits per heavy atom. The fraction of sp³-hybridized carbons (Fsp3) is 0.591. The van der Waals surface area contributed by atoms with Crippen LogP contribution in [-0.4, -0.2) is 107 Å². The molecule has 60 heavy (non-hydrogen) atoms. The fourth-order valence-corrected chi connectivity index (χ4v) is 11.5. The van der Waals surface area contributed by atoms with E-state index in [9.17, 15) is 39.0 Å². The number of ketones is 2. The second kappa shape index (κ2) is 15.1. The highest BCUT2D eigenvalue weighted by atomic mass is 19.1. The zero-order valence-electron chi connectivity index (χ0n) is 34.5. The zero-order chi connectivity index (χ0) is 43.1. The Balaban J connectivity index is 1.01. The molecule has 1 aromatic carbocycles. The Morgan fingerprint density at radius 1 is 1.03 bits per heavy atom. The SMILES string of the molecule is COc1c(N2CCN(C(=O)OCOC(C)=O)C(C)C2)c(F)cc2c(=O)c(C(=O)OCC(=O)[C@@]3(O)CCC4C5CCC6=CC(=O)C=C[C@]6(C)C5[C@@H](O)C[C@@]43C)cn(C3CC3)c12. The van der Waals surface area contributed by atoms with Crippen molar-refractivity contribution in [3.63, 3.8) is 0 Å². The number of hydrogen-bond donors (Lipinski definition) is 2. The van der Waals surface area contributed by atoms with Crippen molar-refractivity contribution in [3.8, 4) is 5.75 Å². The number of pyridine rings is 1. The van der Waals surface area contributed by atoms with E-state index in [0.29, 0.717) is 19.3 Å². The van der Waals surface area contributed by atoms with Crippen LogP contribution in [0.5, 0.6) is 5.75 Å². The number of ether oxygens (including phenoxy) is 4. The molecule has 4 saturated carbocycles. The number of aliphatic hydroxyl groups excluding tert-OH is 1. The van der Waals surface area contributed by atoms with Crippen molar-refractivity contribution in [1.82, 2.24) is 9.47 Å². The Kier molecular flexibility index (Phi) is 10.5. The van der Waals surface area contributed by atoms with E-state index < -0.39 is 82.6 Å². The molecule has 0 radical (unpaired) electrons. The van der Waals surface area contributed by atoms with Crippen LogP contribution in [0.3, 0.4) is 0 Å². The largest absolute Gasteiger partial charge is 0.492 e. The van der Waals surface area contributed by atoms with Crippen molar-refractivity contribution in [2.45, 2.75) is 96.4 Å². The quantitative estimate of drug-likeness (QED) is 0.268. The van der Waals surface area contributed by atoms with E-state index in [1.807, 2.05) is 19.9 Å². The number of aliphatic hydroxyl groups is 2. The fourth-order valence-electron chi connectivity index (χ4n) is 11.5. The first kappa shape index (κ1) is 41.6. The first-order chi connectivity index (χ1) is 28.4. The lowest BCUT2D eigenvalue weighted by Crippen LogP contribution is -2.61. The molecule has 16 heteroatoms. The summed E-state index contributed by atoms with van der Waals surface area (Å²) in [6, 6.07) is 0.482. The van der Waals surface area contributed by atoms with E-state index >= 15 is 4.39 Å². The normalized spacial score (nSPS) is 32.1. The van der Waals surface area contributed by atoms with Crippen molar-refractivity contribution >= 4 is 46.2 Å². The van der Waals surface area contributed by atoms with Crippen LogP contribution >= 0.6 is 0 Å². The Labute approximate surface area is 346 Å². The molecule has 6 aliphatic rings. The molecular weight excluding hydrogens is 781 g/mol. The van der Waals surface area contributed by atoms with E-state index in [4.69, 9.17) is 18.9 Å². The van der Waals surface area contributed by atoms with Crippen LogP contribution in [0, 0.1) is 34.4 Å². The number of aromatic nitrogens is 1. The first-order valence-electron chi connectivity index (χ1n) is 20.8. The van der Waals surface area contributed by atoms with E-state index in [1.54, 1.807) is 28.5 Å². The molecule has 322 valence electrons. The topological polar surface area (TPSA) is 191 Å². The van der Waals surface area contributed by atoms with Crippen LogP contribution in [0.1, 0.15) is 89.0 Å². The van der Waals surface area contributed by atoms with Gasteiger partial charge in [0.05, 0.1) is 24.1 Å². The van der Waals surface area contributed by atoms with Gasteiger partial charge < -0.3 is 43.5 Å². The summed E-state index contributed by atoms with van der Waals surface area (Å²) in [5.74, 6) is -3.50. The van der Waals surface area contributed by atoms with Gasteiger partial charge in [-0.15, -0.1) is 0 Å². The number of fused-ring (bicyclic) bond motifs is 6. The minimum absolute atomic E-state index is 0.0174. The smallest absolute Gasteiger partial charge is 0.413 e. The maximum Gasteiger partial charge on any atom is 0.413 e. The predicted octanol–water partition coefficient (Wildman–Crippen LogP) is 4.39. The zero-order valence-corrected chi connectivity index (χ0v) is 34.5. The average Bonchev–Trinajstić information content (AvgIpc) is 4.00. The number of carbonyl (C=O) groups excluding carboxylic acids is 5. The number of esters is 2. The number of amides is 1. The number of methoxy groups -OCH3 is 1. The van der Waals surface area contributed by atoms with Crippen LogP contribution in [0.2, 0.25) is 0 Å². The minimum atomic E-state index is -1.91. The molecule has 5 aliphatic carbocycles. The van der Waals surface area contributed by atoms with Crippen molar-refractivity contribution in [2.75, 3.05) is 45.0 Å². The number of benzene rings is 1. The van der Waals surface area contributed by atoms with Gasteiger partial charge in [0.25, 0.3) is 0 Å². The number of piperazine rings is 1. The molecule has 1 saturated heterocycles. The number of allylic oxidation sites excluding steroid dienone is 4. The summed E-state index contributed by atoms with van der Waals surface area (Å²) in [7, 11) is 1.36. The molecule has 2 aromatic rings. The third-order valence-electron chi connectivity index (χ3n) is 14.6. The third-order valence-corrected chi connectivity index (χ3v) is 14.6. The number of nitrogens with zero attached hydrogens (tertiary/aromatic N) is 3. The lowest BCUT2D eigenvalue weighted by Gasteiger charge is -2.59. The van der Waals surface area contributed by atoms with Gasteiger partial charge in [0, 0.05) is 61.6 Å². The van der Waals surface area contributed by atoms with Gasteiger partial charge in [-0.25, -0.2) is 14.0 Å². The van der Waals surface area contributed by atoms with Crippen LogP contribution < -0.4 is 15.1 Å². The molecule has 2 N–H and O–H groups in total. The van der Waals surface area contributed by atoms with Gasteiger partial charge in [-0.05, 0) is 81.9 Å². The number of carbonyl (C=O) groups is 5. The number of anilines is 1. The maximum absolute atomic E-state index is 16.3. The highest BCUT2D eigenvalue weighted by molar-refractivity contribution is 6.01. The van der Waals surface area contributed by atoms with Gasteiger partial charge in [-0.3, -0.25) is 19.2 Å². The molecule has 0 spiro atoms. The third kappa shape index (κ3) is 6.61. The molecule has 1 amide bonds. The van der Waals surface area contributed by atoms with Gasteiger partial charge in [0.15, 0.2) is 24.0 Å². The Morgan fingerprint density at radius 2 is 1.78 bits per heavy atom. The van der Waals surface area contributed by atoms with Crippen molar-refractivity contribution in [2.24, 2.45) is 28.6 Å². The lowest BCUT2D eigenvalue weighted by atomic mass is 9.46. The van der Waals surface area contributed by atoms with Gasteiger partial charge in [-0.1, -0.05) is 25.5 Å². The van der Waals surface area contributed by atoms with Crippen molar-refractivity contribution in [3.05, 3.63) is 57.7 Å². The predicted molar refractivity (Wildman–Crippen MR) is 213 cm³/mol. The van der Waals surface area contributed by atoms with Gasteiger partial charge in [-0.2, -0.15) is 0 Å².